The molecule has 0 aliphatic heterocycles. The van der Waals surface area contributed by atoms with Crippen molar-refractivity contribution < 1.29 is 4.79 Å². The van der Waals surface area contributed by atoms with Crippen LogP contribution in [0.2, 0.25) is 0 Å². The average Bonchev–Trinajstić information content (AvgIpc) is 3.19. The first-order valence-electron chi connectivity index (χ1n) is 7.13. The Labute approximate surface area is 146 Å². The zero-order valence-corrected chi connectivity index (χ0v) is 14.9. The van der Waals surface area contributed by atoms with Crippen LogP contribution in [0.3, 0.4) is 0 Å². The smallest absolute Gasteiger partial charge is 0.250 e. The number of thioether (sulfide) groups is 1. The van der Waals surface area contributed by atoms with E-state index in [4.69, 9.17) is 0 Å². The molecule has 2 heterocycles. The highest BCUT2D eigenvalue weighted by molar-refractivity contribution is 8.01. The van der Waals surface area contributed by atoms with Gasteiger partial charge in [-0.15, -0.1) is 22.7 Å². The van der Waals surface area contributed by atoms with E-state index >= 15 is 0 Å². The minimum Gasteiger partial charge on any atom is -0.272 e. The number of rotatable bonds is 6. The largest absolute Gasteiger partial charge is 0.272 e. The van der Waals surface area contributed by atoms with Gasteiger partial charge in [-0.3, -0.25) is 4.79 Å². The van der Waals surface area contributed by atoms with Crippen molar-refractivity contribution in [3.05, 3.63) is 46.2 Å². The molecule has 23 heavy (non-hydrogen) atoms. The monoisotopic (exact) mass is 361 g/mol. The van der Waals surface area contributed by atoms with Crippen LogP contribution in [0.5, 0.6) is 0 Å². The van der Waals surface area contributed by atoms with E-state index in [2.05, 4.69) is 28.5 Å². The van der Waals surface area contributed by atoms with Crippen molar-refractivity contribution in [1.29, 1.82) is 0 Å². The van der Waals surface area contributed by atoms with Gasteiger partial charge in [0.2, 0.25) is 0 Å². The van der Waals surface area contributed by atoms with E-state index in [-0.39, 0.29) is 5.91 Å². The zero-order chi connectivity index (χ0) is 16.1. The number of aryl methyl sites for hydroxylation is 1. The molecule has 3 aromatic rings. The fourth-order valence-electron chi connectivity index (χ4n) is 1.89. The summed E-state index contributed by atoms with van der Waals surface area (Å²) in [5.74, 6) is 0.180. The Morgan fingerprint density at radius 1 is 1.30 bits per heavy atom. The lowest BCUT2D eigenvalue weighted by molar-refractivity contribution is -0.118. The third-order valence-corrected chi connectivity index (χ3v) is 6.36. The van der Waals surface area contributed by atoms with Gasteiger partial charge >= 0.3 is 0 Å². The normalized spacial score (nSPS) is 11.3. The summed E-state index contributed by atoms with van der Waals surface area (Å²) in [6, 6.07) is 12.1. The van der Waals surface area contributed by atoms with Crippen molar-refractivity contribution in [2.24, 2.45) is 5.10 Å². The molecule has 0 aliphatic rings. The van der Waals surface area contributed by atoms with Gasteiger partial charge in [0.05, 0.1) is 22.2 Å². The number of hydrogen-bond donors (Lipinski definition) is 1. The van der Waals surface area contributed by atoms with Gasteiger partial charge in [-0.25, -0.2) is 10.4 Å². The number of hydrogen-bond acceptors (Lipinski definition) is 6. The first-order chi connectivity index (χ1) is 11.2. The maximum absolute atomic E-state index is 11.8. The number of thiazole rings is 1. The van der Waals surface area contributed by atoms with Crippen LogP contribution in [0.4, 0.5) is 0 Å². The number of nitrogens with zero attached hydrogens (tertiary/aromatic N) is 2. The molecule has 0 saturated carbocycles. The molecule has 1 amide bonds. The van der Waals surface area contributed by atoms with E-state index < -0.39 is 0 Å². The third-order valence-electron chi connectivity index (χ3n) is 3.01. The predicted octanol–water partition coefficient (Wildman–Crippen LogP) is 4.16. The van der Waals surface area contributed by atoms with Crippen molar-refractivity contribution in [2.45, 2.75) is 17.7 Å². The highest BCUT2D eigenvalue weighted by Crippen LogP contribution is 2.28. The maximum atomic E-state index is 11.8. The zero-order valence-electron chi connectivity index (χ0n) is 12.5. The van der Waals surface area contributed by atoms with Gasteiger partial charge in [-0.2, -0.15) is 5.10 Å². The van der Waals surface area contributed by atoms with E-state index in [1.165, 1.54) is 16.6 Å². The number of benzene rings is 1. The summed E-state index contributed by atoms with van der Waals surface area (Å²) in [6.07, 6.45) is 2.70. The molecule has 1 aromatic carbocycles. The van der Waals surface area contributed by atoms with Crippen molar-refractivity contribution in [3.8, 4) is 0 Å². The number of carbonyl (C=O) groups is 1. The molecule has 0 fully saturated rings. The summed E-state index contributed by atoms with van der Waals surface area (Å²) in [5, 5.41) is 4.00. The van der Waals surface area contributed by atoms with Crippen molar-refractivity contribution in [3.63, 3.8) is 0 Å². The van der Waals surface area contributed by atoms with Crippen LogP contribution in [0.15, 0.2) is 45.8 Å². The molecule has 7 heteroatoms. The van der Waals surface area contributed by atoms with Crippen LogP contribution in [-0.2, 0) is 11.2 Å². The SMILES string of the molecule is CCc1ccc(/C=N\NC(=O)CSc2nc3ccccc3s2)s1. The Morgan fingerprint density at radius 2 is 2.17 bits per heavy atom. The topological polar surface area (TPSA) is 54.4 Å². The van der Waals surface area contributed by atoms with E-state index in [1.807, 2.05) is 30.3 Å². The Bertz CT molecular complexity index is 805. The van der Waals surface area contributed by atoms with Gasteiger partial charge in [-0.1, -0.05) is 30.8 Å². The molecule has 0 atom stereocenters. The summed E-state index contributed by atoms with van der Waals surface area (Å²) in [7, 11) is 0. The number of carbonyl (C=O) groups excluding carboxylic acids is 1. The summed E-state index contributed by atoms with van der Waals surface area (Å²) >= 11 is 4.72. The molecule has 0 radical (unpaired) electrons. The molecule has 0 aliphatic carbocycles. The lowest BCUT2D eigenvalue weighted by Crippen LogP contribution is -2.19. The van der Waals surface area contributed by atoms with Crippen LogP contribution >= 0.6 is 34.4 Å². The molecule has 0 unspecified atom stereocenters. The second-order valence-electron chi connectivity index (χ2n) is 4.69. The summed E-state index contributed by atoms with van der Waals surface area (Å²) in [6.45, 7) is 2.12. The van der Waals surface area contributed by atoms with Crippen molar-refractivity contribution in [2.75, 3.05) is 5.75 Å². The van der Waals surface area contributed by atoms with E-state index in [9.17, 15) is 4.79 Å². The van der Waals surface area contributed by atoms with Gasteiger partial charge < -0.3 is 0 Å². The molecule has 0 spiro atoms. The minimum atomic E-state index is -0.127. The highest BCUT2D eigenvalue weighted by Gasteiger charge is 2.06. The predicted molar refractivity (Wildman–Crippen MR) is 99.8 cm³/mol. The molecule has 3 rings (SSSR count). The Kier molecular flexibility index (Phi) is 5.43. The Hall–Kier alpha value is -1.70. The second kappa shape index (κ2) is 7.72. The molecule has 0 bridgehead atoms. The summed E-state index contributed by atoms with van der Waals surface area (Å²) in [5.41, 5.74) is 3.53. The van der Waals surface area contributed by atoms with Crippen LogP contribution in [0.25, 0.3) is 10.2 Å². The van der Waals surface area contributed by atoms with Crippen LogP contribution < -0.4 is 5.43 Å². The number of para-hydroxylation sites is 1. The van der Waals surface area contributed by atoms with E-state index in [0.29, 0.717) is 5.75 Å². The first kappa shape index (κ1) is 16.2. The number of fused-ring (bicyclic) bond motifs is 1. The van der Waals surface area contributed by atoms with Crippen molar-refractivity contribution >= 4 is 56.8 Å². The fraction of sp³-hybridized carbons (Fsp3) is 0.188. The molecule has 2 aromatic heterocycles. The second-order valence-corrected chi connectivity index (χ2v) is 8.14. The molecule has 1 N–H and O–H groups in total. The average molecular weight is 362 g/mol. The summed E-state index contributed by atoms with van der Waals surface area (Å²) < 4.78 is 2.04. The summed E-state index contributed by atoms with van der Waals surface area (Å²) in [4.78, 5) is 18.7. The van der Waals surface area contributed by atoms with Crippen LogP contribution in [0, 0.1) is 0 Å². The number of thiophene rings is 1. The standard InChI is InChI=1S/C16H15N3OS3/c1-2-11-7-8-12(22-11)9-17-19-15(20)10-21-16-18-13-5-3-4-6-14(13)23-16/h3-9H,2,10H2,1H3,(H,19,20)/b17-9-. The number of aromatic nitrogens is 1. The van der Waals surface area contributed by atoms with Crippen LogP contribution in [0.1, 0.15) is 16.7 Å². The van der Waals surface area contributed by atoms with E-state index in [0.717, 1.165) is 25.9 Å². The first-order valence-corrected chi connectivity index (χ1v) is 9.75. The molecule has 0 saturated heterocycles. The Balaban J connectivity index is 1.49. The maximum Gasteiger partial charge on any atom is 0.250 e. The van der Waals surface area contributed by atoms with Gasteiger partial charge in [0.25, 0.3) is 5.91 Å². The lowest BCUT2D eigenvalue weighted by atomic mass is 10.3. The highest BCUT2D eigenvalue weighted by atomic mass is 32.2. The van der Waals surface area contributed by atoms with Crippen molar-refractivity contribution in [1.82, 2.24) is 10.4 Å². The third kappa shape index (κ3) is 4.40. The minimum absolute atomic E-state index is 0.127. The van der Waals surface area contributed by atoms with Gasteiger partial charge in [0.1, 0.15) is 0 Å². The Morgan fingerprint density at radius 3 is 2.96 bits per heavy atom. The van der Waals surface area contributed by atoms with E-state index in [1.54, 1.807) is 28.9 Å². The van der Waals surface area contributed by atoms with Gasteiger partial charge in [0.15, 0.2) is 4.34 Å². The number of amides is 1. The van der Waals surface area contributed by atoms with Gasteiger partial charge in [0, 0.05) is 9.75 Å². The molecule has 118 valence electrons. The quantitative estimate of drug-likeness (QED) is 0.407. The fourth-order valence-corrected chi connectivity index (χ4v) is 4.58. The number of hydrazone groups is 1. The molecule has 4 nitrogen and oxygen atoms in total. The lowest BCUT2D eigenvalue weighted by Gasteiger charge is -1.96. The van der Waals surface area contributed by atoms with Crippen LogP contribution in [-0.4, -0.2) is 22.9 Å². The number of nitrogens with one attached hydrogen (secondary N) is 1. The van der Waals surface area contributed by atoms with Gasteiger partial charge in [-0.05, 0) is 30.7 Å². The molecular weight excluding hydrogens is 346 g/mol. The molecular formula is C16H15N3OS3.